The van der Waals surface area contributed by atoms with Gasteiger partial charge in [0.05, 0.1) is 0 Å². The van der Waals surface area contributed by atoms with Gasteiger partial charge in [-0.05, 0) is 74.9 Å². The van der Waals surface area contributed by atoms with E-state index in [4.69, 9.17) is 19.8 Å². The van der Waals surface area contributed by atoms with Crippen LogP contribution in [0.25, 0.3) is 0 Å². The molecule has 2 aromatic rings. The van der Waals surface area contributed by atoms with Gasteiger partial charge in [0.15, 0.2) is 0 Å². The maximum atomic E-state index is 10.1. The predicted octanol–water partition coefficient (Wildman–Crippen LogP) is 1.84. The van der Waals surface area contributed by atoms with E-state index in [1.165, 1.54) is 0 Å². The Morgan fingerprint density at radius 3 is 1.35 bits per heavy atom. The molecule has 2 rings (SSSR count). The molecule has 0 aliphatic rings. The maximum Gasteiger partial charge on any atom is 2.00 e. The van der Waals surface area contributed by atoms with Crippen LogP contribution in [0.3, 0.4) is 0 Å². The van der Waals surface area contributed by atoms with Crippen molar-refractivity contribution in [3.05, 3.63) is 57.6 Å². The number of phenols is 2. The summed E-state index contributed by atoms with van der Waals surface area (Å²) in [5.74, 6) is -1.65. The first-order valence-corrected chi connectivity index (χ1v) is 10.4. The van der Waals surface area contributed by atoms with Gasteiger partial charge >= 0.3 is 16.8 Å². The SMILES string of the molecule is CC(=O)[O-].CC(=O)[O-].CCc1cc(C)c(O)c(C=NCN=Cc2cc(CC)cc(C)c2O)c1.[Co+2]. The van der Waals surface area contributed by atoms with E-state index in [0.29, 0.717) is 11.1 Å². The summed E-state index contributed by atoms with van der Waals surface area (Å²) in [7, 11) is 0. The molecule has 0 spiro atoms. The van der Waals surface area contributed by atoms with E-state index in [0.717, 1.165) is 48.9 Å². The Morgan fingerprint density at radius 1 is 0.794 bits per heavy atom. The Balaban J connectivity index is 0. The molecule has 0 unspecified atom stereocenters. The first-order chi connectivity index (χ1) is 15.4. The summed E-state index contributed by atoms with van der Waals surface area (Å²) in [6.45, 7) is 10.1. The van der Waals surface area contributed by atoms with E-state index < -0.39 is 11.9 Å². The minimum absolute atomic E-state index is 0. The van der Waals surface area contributed by atoms with Gasteiger partial charge in [-0.2, -0.15) is 0 Å². The van der Waals surface area contributed by atoms with Crippen molar-refractivity contribution in [3.8, 4) is 11.5 Å². The van der Waals surface area contributed by atoms with Crippen LogP contribution in [0.1, 0.15) is 61.1 Å². The Morgan fingerprint density at radius 2 is 1.09 bits per heavy atom. The predicted molar refractivity (Wildman–Crippen MR) is 126 cm³/mol. The zero-order chi connectivity index (χ0) is 25.6. The van der Waals surface area contributed by atoms with E-state index in [1.807, 2.05) is 38.1 Å². The molecule has 8 nitrogen and oxygen atoms in total. The molecule has 2 N–H and O–H groups in total. The number of aliphatic carboxylic acids is 2. The van der Waals surface area contributed by atoms with Crippen LogP contribution in [0.4, 0.5) is 0 Å². The van der Waals surface area contributed by atoms with Crippen LogP contribution in [0.2, 0.25) is 0 Å². The van der Waals surface area contributed by atoms with Gasteiger partial charge in [-0.3, -0.25) is 9.98 Å². The Hall–Kier alpha value is -3.17. The quantitative estimate of drug-likeness (QED) is 0.562. The van der Waals surface area contributed by atoms with Crippen LogP contribution in [-0.2, 0) is 39.2 Å². The zero-order valence-corrected chi connectivity index (χ0v) is 21.4. The molecule has 0 amide bonds. The van der Waals surface area contributed by atoms with Crippen LogP contribution in [0, 0.1) is 13.8 Å². The second-order valence-electron chi connectivity index (χ2n) is 7.16. The Kier molecular flexibility index (Phi) is 16.8. The monoisotopic (exact) mass is 515 g/mol. The largest absolute Gasteiger partial charge is 2.00 e. The van der Waals surface area contributed by atoms with E-state index in [2.05, 4.69) is 23.8 Å². The van der Waals surface area contributed by atoms with Crippen molar-refractivity contribution < 1.29 is 46.8 Å². The van der Waals surface area contributed by atoms with Gasteiger partial charge in [0.2, 0.25) is 0 Å². The fourth-order valence-corrected chi connectivity index (χ4v) is 2.70. The molecule has 0 bridgehead atoms. The van der Waals surface area contributed by atoms with Crippen LogP contribution in [0.15, 0.2) is 34.3 Å². The molecule has 0 heterocycles. The maximum absolute atomic E-state index is 10.1. The first kappa shape index (κ1) is 33.0. The van der Waals surface area contributed by atoms with Gasteiger partial charge in [0.1, 0.15) is 18.2 Å². The molecule has 0 saturated carbocycles. The van der Waals surface area contributed by atoms with Crippen molar-refractivity contribution in [1.29, 1.82) is 0 Å². The summed E-state index contributed by atoms with van der Waals surface area (Å²) >= 11 is 0. The number of benzene rings is 2. The summed E-state index contributed by atoms with van der Waals surface area (Å²) < 4.78 is 0. The molecule has 0 aliphatic heterocycles. The number of carbonyl (C=O) groups is 2. The Bertz CT molecular complexity index is 916. The van der Waals surface area contributed by atoms with Crippen molar-refractivity contribution in [2.45, 2.75) is 54.4 Å². The summed E-state index contributed by atoms with van der Waals surface area (Å²) in [4.78, 5) is 26.3. The van der Waals surface area contributed by atoms with Gasteiger partial charge < -0.3 is 30.0 Å². The number of hydrogen-bond acceptors (Lipinski definition) is 8. The molecule has 187 valence electrons. The second kappa shape index (κ2) is 17.3. The van der Waals surface area contributed by atoms with E-state index in [1.54, 1.807) is 12.4 Å². The number of carboxylic acid groups (broad SMARTS) is 2. The van der Waals surface area contributed by atoms with Crippen LogP contribution >= 0.6 is 0 Å². The van der Waals surface area contributed by atoms with Gasteiger partial charge in [0.25, 0.3) is 0 Å². The van der Waals surface area contributed by atoms with E-state index in [9.17, 15) is 10.2 Å². The van der Waals surface area contributed by atoms with Crippen LogP contribution < -0.4 is 10.2 Å². The number of rotatable bonds is 6. The third-order valence-corrected chi connectivity index (χ3v) is 4.22. The normalized spacial score (nSPS) is 10.1. The number of carboxylic acids is 2. The average molecular weight is 515 g/mol. The van der Waals surface area contributed by atoms with E-state index in [-0.39, 0.29) is 34.9 Å². The first-order valence-electron chi connectivity index (χ1n) is 10.4. The fraction of sp³-hybridized carbons (Fsp3) is 0.360. The molecule has 0 saturated heterocycles. The van der Waals surface area contributed by atoms with Crippen molar-refractivity contribution in [1.82, 2.24) is 0 Å². The molecule has 0 aliphatic carbocycles. The van der Waals surface area contributed by atoms with Crippen molar-refractivity contribution in [2.75, 3.05) is 6.67 Å². The minimum Gasteiger partial charge on any atom is -0.550 e. The summed E-state index contributed by atoms with van der Waals surface area (Å²) in [6, 6.07) is 7.85. The number of aryl methyl sites for hydroxylation is 4. The Labute approximate surface area is 211 Å². The number of aromatic hydroxyl groups is 2. The molecule has 0 atom stereocenters. The average Bonchev–Trinajstić information content (AvgIpc) is 2.72. The van der Waals surface area contributed by atoms with Crippen molar-refractivity contribution in [3.63, 3.8) is 0 Å². The topological polar surface area (TPSA) is 145 Å². The summed E-state index contributed by atoms with van der Waals surface area (Å²) in [5, 5.41) is 38.0. The molecule has 34 heavy (non-hydrogen) atoms. The number of carbonyl (C=O) groups excluding carboxylic acids is 2. The molecular formula is C25H32CoN2O6. The standard InChI is InChI=1S/C21H26N2O2.2C2H4O2.Co/c1-5-16-7-14(3)20(24)18(9-16)11-22-13-23-12-19-10-17(6-2)8-15(4)21(19)25;2*1-2(3)4;/h7-12,24-25H,5-6,13H2,1-4H3;2*1H3,(H,3,4);/q;;;+2/p-2. The van der Waals surface area contributed by atoms with Gasteiger partial charge in [-0.1, -0.05) is 26.0 Å². The summed E-state index contributed by atoms with van der Waals surface area (Å²) in [6.07, 6.45) is 5.11. The van der Waals surface area contributed by atoms with E-state index >= 15 is 0 Å². The molecule has 9 heteroatoms. The van der Waals surface area contributed by atoms with Crippen molar-refractivity contribution in [2.24, 2.45) is 9.98 Å². The smallest absolute Gasteiger partial charge is 0.550 e. The minimum atomic E-state index is -1.08. The fourth-order valence-electron chi connectivity index (χ4n) is 2.70. The van der Waals surface area contributed by atoms with Gasteiger partial charge in [0, 0.05) is 35.5 Å². The molecule has 2 aromatic carbocycles. The third-order valence-electron chi connectivity index (χ3n) is 4.22. The van der Waals surface area contributed by atoms with Crippen LogP contribution in [-0.4, -0.2) is 41.2 Å². The molecular weight excluding hydrogens is 483 g/mol. The third kappa shape index (κ3) is 13.4. The molecule has 0 fully saturated rings. The van der Waals surface area contributed by atoms with Gasteiger partial charge in [-0.25, -0.2) is 0 Å². The second-order valence-corrected chi connectivity index (χ2v) is 7.16. The van der Waals surface area contributed by atoms with Crippen LogP contribution in [0.5, 0.6) is 11.5 Å². The molecule has 0 aromatic heterocycles. The number of phenolic OH excluding ortho intramolecular Hbond substituents is 2. The molecule has 1 radical (unpaired) electrons. The van der Waals surface area contributed by atoms with Crippen molar-refractivity contribution >= 4 is 24.4 Å². The summed E-state index contributed by atoms with van der Waals surface area (Å²) in [5.41, 5.74) is 5.44. The number of nitrogens with zero attached hydrogens (tertiary/aromatic N) is 2. The number of aliphatic imine (C=N–C) groups is 2. The van der Waals surface area contributed by atoms with Gasteiger partial charge in [-0.15, -0.1) is 0 Å². The number of hydrogen-bond donors (Lipinski definition) is 2. The zero-order valence-electron chi connectivity index (χ0n) is 20.3.